The van der Waals surface area contributed by atoms with Crippen LogP contribution in [0.1, 0.15) is 49.5 Å². The van der Waals surface area contributed by atoms with Crippen LogP contribution >= 0.6 is 11.8 Å². The van der Waals surface area contributed by atoms with Crippen LogP contribution in [0.3, 0.4) is 0 Å². The van der Waals surface area contributed by atoms with Crippen LogP contribution in [-0.2, 0) is 0 Å². The first kappa shape index (κ1) is 17.8. The third kappa shape index (κ3) is 7.90. The molecule has 0 spiro atoms. The molecule has 0 saturated heterocycles. The van der Waals surface area contributed by atoms with Crippen LogP contribution < -0.4 is 10.6 Å². The summed E-state index contributed by atoms with van der Waals surface area (Å²) in [6.07, 6.45) is 10.9. The molecule has 1 heterocycles. The van der Waals surface area contributed by atoms with E-state index in [9.17, 15) is 4.79 Å². The molecule has 0 fully saturated rings. The number of thioether (sulfide) groups is 1. The van der Waals surface area contributed by atoms with Gasteiger partial charge in [0, 0.05) is 13.1 Å². The minimum Gasteiger partial charge on any atom is -0.369 e. The highest BCUT2D eigenvalue weighted by molar-refractivity contribution is 7.98. The van der Waals surface area contributed by atoms with E-state index in [0.29, 0.717) is 18.1 Å². The Bertz CT molecular complexity index is 414. The van der Waals surface area contributed by atoms with Crippen LogP contribution in [0.4, 0.5) is 5.82 Å². The number of unbranched alkanes of at least 4 members (excludes halogenated alkanes) is 3. The molecule has 1 rings (SSSR count). The van der Waals surface area contributed by atoms with Crippen molar-refractivity contribution in [1.82, 2.24) is 15.3 Å². The zero-order valence-corrected chi connectivity index (χ0v) is 13.8. The van der Waals surface area contributed by atoms with E-state index in [4.69, 9.17) is 0 Å². The van der Waals surface area contributed by atoms with Gasteiger partial charge in [0.25, 0.3) is 5.91 Å². The third-order valence-corrected chi connectivity index (χ3v) is 3.68. The fourth-order valence-corrected chi connectivity index (χ4v) is 2.32. The highest BCUT2D eigenvalue weighted by Gasteiger charge is 2.07. The predicted octanol–water partition coefficient (Wildman–Crippen LogP) is 2.95. The summed E-state index contributed by atoms with van der Waals surface area (Å²) >= 11 is 1.88. The minimum absolute atomic E-state index is 0.147. The van der Waals surface area contributed by atoms with Gasteiger partial charge in [0.1, 0.15) is 11.5 Å². The van der Waals surface area contributed by atoms with Crippen LogP contribution in [0.2, 0.25) is 0 Å². The molecule has 0 unspecified atom stereocenters. The number of nitrogens with one attached hydrogen (secondary N) is 2. The lowest BCUT2D eigenvalue weighted by Crippen LogP contribution is -2.25. The summed E-state index contributed by atoms with van der Waals surface area (Å²) in [4.78, 5) is 20.3. The molecule has 1 aromatic rings. The SMILES string of the molecule is CCCNc1cncc(C(=O)NCCCCCCSC)n1. The molecular weight excluding hydrogens is 284 g/mol. The van der Waals surface area contributed by atoms with E-state index in [1.54, 1.807) is 6.20 Å². The van der Waals surface area contributed by atoms with Gasteiger partial charge in [-0.15, -0.1) is 0 Å². The van der Waals surface area contributed by atoms with Crippen molar-refractivity contribution in [2.75, 3.05) is 30.4 Å². The average Bonchev–Trinajstić information content (AvgIpc) is 2.52. The molecule has 5 nitrogen and oxygen atoms in total. The maximum atomic E-state index is 12.0. The predicted molar refractivity (Wildman–Crippen MR) is 90.0 cm³/mol. The summed E-state index contributed by atoms with van der Waals surface area (Å²) in [5, 5.41) is 6.03. The van der Waals surface area contributed by atoms with Gasteiger partial charge in [-0.25, -0.2) is 4.98 Å². The van der Waals surface area contributed by atoms with Gasteiger partial charge in [-0.05, 0) is 31.3 Å². The van der Waals surface area contributed by atoms with E-state index in [-0.39, 0.29) is 5.91 Å². The van der Waals surface area contributed by atoms with Crippen LogP contribution in [0.15, 0.2) is 12.4 Å². The van der Waals surface area contributed by atoms with Crippen LogP contribution in [-0.4, -0.2) is 41.0 Å². The molecule has 6 heteroatoms. The summed E-state index contributed by atoms with van der Waals surface area (Å²) in [6.45, 7) is 3.61. The maximum absolute atomic E-state index is 12.0. The Balaban J connectivity index is 2.25. The lowest BCUT2D eigenvalue weighted by atomic mass is 10.2. The van der Waals surface area contributed by atoms with Crippen molar-refractivity contribution in [3.05, 3.63) is 18.1 Å². The summed E-state index contributed by atoms with van der Waals surface area (Å²) in [5.74, 6) is 1.73. The van der Waals surface area contributed by atoms with Crippen molar-refractivity contribution < 1.29 is 4.79 Å². The Hall–Kier alpha value is -1.30. The highest BCUT2D eigenvalue weighted by Crippen LogP contribution is 2.05. The first-order valence-electron chi connectivity index (χ1n) is 7.61. The summed E-state index contributed by atoms with van der Waals surface area (Å²) in [7, 11) is 0. The molecule has 0 aromatic carbocycles. The number of aromatic nitrogens is 2. The quantitative estimate of drug-likeness (QED) is 0.615. The number of amides is 1. The van der Waals surface area contributed by atoms with Gasteiger partial charge in [0.2, 0.25) is 0 Å². The van der Waals surface area contributed by atoms with Crippen molar-refractivity contribution in [3.8, 4) is 0 Å². The fraction of sp³-hybridized carbons (Fsp3) is 0.667. The molecule has 0 saturated carbocycles. The Morgan fingerprint density at radius 2 is 2.00 bits per heavy atom. The fourth-order valence-electron chi connectivity index (χ4n) is 1.83. The normalized spacial score (nSPS) is 10.4. The van der Waals surface area contributed by atoms with E-state index in [0.717, 1.165) is 25.8 Å². The number of hydrogen-bond donors (Lipinski definition) is 2. The van der Waals surface area contributed by atoms with Gasteiger partial charge in [0.15, 0.2) is 0 Å². The minimum atomic E-state index is -0.147. The van der Waals surface area contributed by atoms with Crippen molar-refractivity contribution in [1.29, 1.82) is 0 Å². The second-order valence-corrected chi connectivity index (χ2v) is 5.86. The smallest absolute Gasteiger partial charge is 0.271 e. The molecular formula is C15H26N4OS. The number of nitrogens with zero attached hydrogens (tertiary/aromatic N) is 2. The standard InChI is InChI=1S/C15H26N4OS/c1-3-8-17-14-12-16-11-13(19-14)15(20)18-9-6-4-5-7-10-21-2/h11-12H,3-10H2,1-2H3,(H,17,19)(H,18,20). The zero-order chi connectivity index (χ0) is 15.3. The van der Waals surface area contributed by atoms with Crippen molar-refractivity contribution >= 4 is 23.5 Å². The molecule has 0 aliphatic heterocycles. The van der Waals surface area contributed by atoms with Gasteiger partial charge in [-0.3, -0.25) is 9.78 Å². The Morgan fingerprint density at radius 1 is 1.19 bits per heavy atom. The number of carbonyl (C=O) groups excluding carboxylic acids is 1. The summed E-state index contributed by atoms with van der Waals surface area (Å²) < 4.78 is 0. The average molecular weight is 310 g/mol. The van der Waals surface area contributed by atoms with Crippen molar-refractivity contribution in [2.45, 2.75) is 39.0 Å². The third-order valence-electron chi connectivity index (χ3n) is 2.98. The van der Waals surface area contributed by atoms with Crippen LogP contribution in [0.25, 0.3) is 0 Å². The Labute approximate surface area is 131 Å². The Morgan fingerprint density at radius 3 is 2.76 bits per heavy atom. The molecule has 0 bridgehead atoms. The molecule has 118 valence electrons. The van der Waals surface area contributed by atoms with Gasteiger partial charge >= 0.3 is 0 Å². The van der Waals surface area contributed by atoms with E-state index >= 15 is 0 Å². The van der Waals surface area contributed by atoms with Gasteiger partial charge < -0.3 is 10.6 Å². The van der Waals surface area contributed by atoms with Crippen LogP contribution in [0.5, 0.6) is 0 Å². The highest BCUT2D eigenvalue weighted by atomic mass is 32.2. The Kier molecular flexibility index (Phi) is 9.61. The molecule has 1 amide bonds. The second-order valence-electron chi connectivity index (χ2n) is 4.88. The topological polar surface area (TPSA) is 66.9 Å². The molecule has 2 N–H and O–H groups in total. The lowest BCUT2D eigenvalue weighted by Gasteiger charge is -2.07. The van der Waals surface area contributed by atoms with E-state index < -0.39 is 0 Å². The zero-order valence-electron chi connectivity index (χ0n) is 13.0. The molecule has 0 radical (unpaired) electrons. The van der Waals surface area contributed by atoms with Crippen molar-refractivity contribution in [3.63, 3.8) is 0 Å². The first-order chi connectivity index (χ1) is 10.3. The van der Waals surface area contributed by atoms with Gasteiger partial charge in [0.05, 0.1) is 12.4 Å². The van der Waals surface area contributed by atoms with Gasteiger partial charge in [-0.2, -0.15) is 11.8 Å². The maximum Gasteiger partial charge on any atom is 0.271 e. The molecule has 0 atom stereocenters. The van der Waals surface area contributed by atoms with Crippen LogP contribution in [0, 0.1) is 0 Å². The van der Waals surface area contributed by atoms with E-state index in [1.807, 2.05) is 11.8 Å². The first-order valence-corrected chi connectivity index (χ1v) is 9.00. The van der Waals surface area contributed by atoms with E-state index in [1.165, 1.54) is 24.8 Å². The molecule has 1 aromatic heterocycles. The summed E-state index contributed by atoms with van der Waals surface area (Å²) in [5.41, 5.74) is 0.374. The molecule has 21 heavy (non-hydrogen) atoms. The lowest BCUT2D eigenvalue weighted by molar-refractivity contribution is 0.0947. The molecule has 0 aliphatic carbocycles. The summed E-state index contributed by atoms with van der Waals surface area (Å²) in [6, 6.07) is 0. The van der Waals surface area contributed by atoms with E-state index in [2.05, 4.69) is 33.8 Å². The van der Waals surface area contributed by atoms with Crippen molar-refractivity contribution in [2.24, 2.45) is 0 Å². The second kappa shape index (κ2) is 11.4. The monoisotopic (exact) mass is 310 g/mol. The number of carbonyl (C=O) groups is 1. The number of rotatable bonds is 11. The number of anilines is 1. The van der Waals surface area contributed by atoms with Gasteiger partial charge in [-0.1, -0.05) is 19.8 Å². The molecule has 0 aliphatic rings. The number of hydrogen-bond acceptors (Lipinski definition) is 5. The largest absolute Gasteiger partial charge is 0.369 e.